The van der Waals surface area contributed by atoms with E-state index in [2.05, 4.69) is 10.1 Å². The Morgan fingerprint density at radius 3 is 2.81 bits per heavy atom. The lowest BCUT2D eigenvalue weighted by Crippen LogP contribution is -2.29. The Balaban J connectivity index is 1.64. The molecule has 1 fully saturated rings. The summed E-state index contributed by atoms with van der Waals surface area (Å²) in [5.41, 5.74) is 6.02. The molecule has 134 valence electrons. The van der Waals surface area contributed by atoms with Crippen molar-refractivity contribution in [3.63, 3.8) is 0 Å². The highest BCUT2D eigenvalue weighted by atomic mass is 32.2. The second-order valence-corrected chi connectivity index (χ2v) is 8.12. The lowest BCUT2D eigenvalue weighted by atomic mass is 10.2. The maximum Gasteiger partial charge on any atom is 0.251 e. The first kappa shape index (κ1) is 16.7. The number of hydrogen-bond donors (Lipinski definition) is 1. The third-order valence-corrected chi connectivity index (χ3v) is 6.50. The number of fused-ring (bicyclic) bond motifs is 1. The van der Waals surface area contributed by atoms with Crippen LogP contribution in [0.25, 0.3) is 10.9 Å². The SMILES string of the molecule is NC(=O)c1cnn(C2CCN(S(=O)(=O)c3cccc4cccnc34)C2)c1. The minimum atomic E-state index is -3.68. The van der Waals surface area contributed by atoms with E-state index < -0.39 is 15.9 Å². The number of amides is 1. The first-order valence-electron chi connectivity index (χ1n) is 8.14. The van der Waals surface area contributed by atoms with E-state index in [0.717, 1.165) is 5.39 Å². The lowest BCUT2D eigenvalue weighted by molar-refractivity contribution is 0.1000. The third-order valence-electron chi connectivity index (χ3n) is 4.60. The fraction of sp³-hybridized carbons (Fsp3) is 0.235. The summed E-state index contributed by atoms with van der Waals surface area (Å²) in [6.45, 7) is 0.660. The average molecular weight is 371 g/mol. The Hall–Kier alpha value is -2.78. The van der Waals surface area contributed by atoms with E-state index in [1.165, 1.54) is 10.5 Å². The fourth-order valence-corrected chi connectivity index (χ4v) is 4.89. The van der Waals surface area contributed by atoms with Crippen LogP contribution in [0, 0.1) is 0 Å². The summed E-state index contributed by atoms with van der Waals surface area (Å²) < 4.78 is 29.3. The predicted molar refractivity (Wildman–Crippen MR) is 94.9 cm³/mol. The van der Waals surface area contributed by atoms with Crippen molar-refractivity contribution < 1.29 is 13.2 Å². The molecule has 1 aliphatic heterocycles. The number of pyridine rings is 1. The van der Waals surface area contributed by atoms with E-state index in [4.69, 9.17) is 5.73 Å². The van der Waals surface area contributed by atoms with E-state index in [0.29, 0.717) is 24.0 Å². The van der Waals surface area contributed by atoms with Gasteiger partial charge in [-0.15, -0.1) is 0 Å². The van der Waals surface area contributed by atoms with Crippen molar-refractivity contribution in [2.24, 2.45) is 5.73 Å². The highest BCUT2D eigenvalue weighted by Gasteiger charge is 2.35. The van der Waals surface area contributed by atoms with Gasteiger partial charge in [0.15, 0.2) is 0 Å². The van der Waals surface area contributed by atoms with Crippen molar-refractivity contribution in [2.75, 3.05) is 13.1 Å². The Morgan fingerprint density at radius 1 is 1.23 bits per heavy atom. The Kier molecular flexibility index (Phi) is 3.97. The largest absolute Gasteiger partial charge is 0.366 e. The first-order chi connectivity index (χ1) is 12.5. The van der Waals surface area contributed by atoms with E-state index in [1.54, 1.807) is 35.3 Å². The number of nitrogens with zero attached hydrogens (tertiary/aromatic N) is 4. The number of benzene rings is 1. The molecule has 1 amide bonds. The number of para-hydroxylation sites is 1. The van der Waals surface area contributed by atoms with Gasteiger partial charge in [-0.25, -0.2) is 8.42 Å². The molecule has 0 saturated carbocycles. The van der Waals surface area contributed by atoms with Crippen LogP contribution in [0.15, 0.2) is 53.8 Å². The zero-order chi connectivity index (χ0) is 18.3. The normalized spacial score (nSPS) is 18.4. The molecule has 1 atom stereocenters. The summed E-state index contributed by atoms with van der Waals surface area (Å²) in [6.07, 6.45) is 5.15. The van der Waals surface area contributed by atoms with Gasteiger partial charge in [0.1, 0.15) is 4.90 Å². The van der Waals surface area contributed by atoms with Gasteiger partial charge in [-0.1, -0.05) is 18.2 Å². The number of hydrogen-bond acceptors (Lipinski definition) is 5. The molecule has 1 aromatic carbocycles. The molecular formula is C17H17N5O3S. The van der Waals surface area contributed by atoms with Crippen molar-refractivity contribution in [3.8, 4) is 0 Å². The van der Waals surface area contributed by atoms with Crippen LogP contribution < -0.4 is 5.73 Å². The Labute approximate surface area is 150 Å². The maximum atomic E-state index is 13.1. The molecule has 26 heavy (non-hydrogen) atoms. The lowest BCUT2D eigenvalue weighted by Gasteiger charge is -2.17. The summed E-state index contributed by atoms with van der Waals surface area (Å²) in [5.74, 6) is -0.555. The molecule has 3 heterocycles. The molecular weight excluding hydrogens is 354 g/mol. The molecule has 3 aromatic rings. The van der Waals surface area contributed by atoms with Crippen LogP contribution in [0.3, 0.4) is 0 Å². The van der Waals surface area contributed by atoms with Gasteiger partial charge in [-0.2, -0.15) is 9.40 Å². The second-order valence-electron chi connectivity index (χ2n) is 6.21. The summed E-state index contributed by atoms with van der Waals surface area (Å²) in [6, 6.07) is 8.61. The highest BCUT2D eigenvalue weighted by molar-refractivity contribution is 7.89. The standard InChI is InChI=1S/C17H17N5O3S/c18-17(23)13-9-20-22(10-13)14-6-8-21(11-14)26(24,25)15-5-1-3-12-4-2-7-19-16(12)15/h1-5,7,9-10,14H,6,8,11H2,(H2,18,23). The molecule has 9 heteroatoms. The molecule has 4 rings (SSSR count). The van der Waals surface area contributed by atoms with Crippen molar-refractivity contribution in [1.82, 2.24) is 19.1 Å². The van der Waals surface area contributed by atoms with Crippen molar-refractivity contribution >= 4 is 26.8 Å². The van der Waals surface area contributed by atoms with Gasteiger partial charge in [0.05, 0.1) is 23.3 Å². The number of carbonyl (C=O) groups is 1. The van der Waals surface area contributed by atoms with Crippen LogP contribution in [-0.2, 0) is 10.0 Å². The Bertz CT molecular complexity index is 1090. The average Bonchev–Trinajstić information content (AvgIpc) is 3.30. The minimum absolute atomic E-state index is 0.138. The monoisotopic (exact) mass is 371 g/mol. The molecule has 1 saturated heterocycles. The third kappa shape index (κ3) is 2.74. The van der Waals surface area contributed by atoms with Crippen LogP contribution >= 0.6 is 0 Å². The maximum absolute atomic E-state index is 13.1. The topological polar surface area (TPSA) is 111 Å². The van der Waals surface area contributed by atoms with Gasteiger partial charge in [0.2, 0.25) is 10.0 Å². The number of nitrogens with two attached hydrogens (primary N) is 1. The molecule has 2 N–H and O–H groups in total. The van der Waals surface area contributed by atoms with Crippen LogP contribution in [0.2, 0.25) is 0 Å². The van der Waals surface area contributed by atoms with Crippen LogP contribution in [0.5, 0.6) is 0 Å². The van der Waals surface area contributed by atoms with Gasteiger partial charge in [-0.05, 0) is 18.6 Å². The van der Waals surface area contributed by atoms with Gasteiger partial charge < -0.3 is 5.73 Å². The quantitative estimate of drug-likeness (QED) is 0.740. The Morgan fingerprint density at radius 2 is 2.04 bits per heavy atom. The molecule has 0 spiro atoms. The smallest absolute Gasteiger partial charge is 0.251 e. The summed E-state index contributed by atoms with van der Waals surface area (Å²) in [4.78, 5) is 15.7. The van der Waals surface area contributed by atoms with Crippen LogP contribution in [0.1, 0.15) is 22.8 Å². The zero-order valence-corrected chi connectivity index (χ0v) is 14.6. The van der Waals surface area contributed by atoms with E-state index >= 15 is 0 Å². The van der Waals surface area contributed by atoms with Gasteiger partial charge in [-0.3, -0.25) is 14.5 Å². The van der Waals surface area contributed by atoms with Crippen molar-refractivity contribution in [3.05, 3.63) is 54.5 Å². The van der Waals surface area contributed by atoms with Crippen molar-refractivity contribution in [1.29, 1.82) is 0 Å². The number of aromatic nitrogens is 3. The first-order valence-corrected chi connectivity index (χ1v) is 9.58. The summed E-state index contributed by atoms with van der Waals surface area (Å²) >= 11 is 0. The number of carbonyl (C=O) groups excluding carboxylic acids is 1. The minimum Gasteiger partial charge on any atom is -0.366 e. The summed E-state index contributed by atoms with van der Waals surface area (Å²) in [5, 5.41) is 4.92. The highest BCUT2D eigenvalue weighted by Crippen LogP contribution is 2.30. The zero-order valence-electron chi connectivity index (χ0n) is 13.8. The molecule has 0 radical (unpaired) electrons. The van der Waals surface area contributed by atoms with Crippen LogP contribution in [0.4, 0.5) is 0 Å². The second kappa shape index (κ2) is 6.19. The fourth-order valence-electron chi connectivity index (χ4n) is 3.23. The molecule has 8 nitrogen and oxygen atoms in total. The van der Waals surface area contributed by atoms with Gasteiger partial charge in [0, 0.05) is 30.9 Å². The number of sulfonamides is 1. The molecule has 1 unspecified atom stereocenters. The molecule has 1 aliphatic rings. The van der Waals surface area contributed by atoms with Crippen LogP contribution in [-0.4, -0.2) is 46.5 Å². The number of rotatable bonds is 4. The predicted octanol–water partition coefficient (Wildman–Crippen LogP) is 1.17. The van der Waals surface area contributed by atoms with Crippen molar-refractivity contribution in [2.45, 2.75) is 17.4 Å². The molecule has 0 aliphatic carbocycles. The number of primary amides is 1. The van der Waals surface area contributed by atoms with E-state index in [1.807, 2.05) is 12.1 Å². The van der Waals surface area contributed by atoms with E-state index in [9.17, 15) is 13.2 Å². The summed E-state index contributed by atoms with van der Waals surface area (Å²) in [7, 11) is -3.68. The van der Waals surface area contributed by atoms with E-state index in [-0.39, 0.29) is 17.5 Å². The molecule has 2 aromatic heterocycles. The molecule has 0 bridgehead atoms. The van der Waals surface area contributed by atoms with Gasteiger partial charge in [0.25, 0.3) is 5.91 Å². The van der Waals surface area contributed by atoms with Gasteiger partial charge >= 0.3 is 0 Å².